The first-order chi connectivity index (χ1) is 1.41. The van der Waals surface area contributed by atoms with E-state index in [1.54, 1.807) is 0 Å². The molecular weight excluding hydrogens is 169 g/mol. The van der Waals surface area contributed by atoms with Gasteiger partial charge in [-0.25, -0.2) is 0 Å². The average Bonchev–Trinajstić information content (AvgIpc) is 0.918. The molecule has 3 heteroatoms. The highest BCUT2D eigenvalue weighted by atomic mass is 127. The van der Waals surface area contributed by atoms with Gasteiger partial charge >= 0.3 is 0 Å². The Hall–Kier alpha value is 0.110. The molecule has 0 N–H and O–H groups in total. The van der Waals surface area contributed by atoms with E-state index < -0.39 is 0 Å². The number of hydrogen-bond donors (Lipinski definition) is 0. The van der Waals surface area contributed by atoms with Crippen LogP contribution < -0.4 is 0 Å². The first-order valence-electron chi connectivity index (χ1n) is 0.428. The Labute approximate surface area is 40.7 Å². The predicted molar refractivity (Wildman–Crippen MR) is 23.1 cm³/mol. The third kappa shape index (κ3) is 215. The quantitative estimate of drug-likeness (QED) is 0.300. The number of halogens is 1. The molecule has 4 heavy (non-hydrogen) atoms. The van der Waals surface area contributed by atoms with Gasteiger partial charge < -0.3 is 5.41 Å². The van der Waals surface area contributed by atoms with Crippen molar-refractivity contribution in [3.63, 3.8) is 0 Å². The zero-order valence-corrected chi connectivity index (χ0v) is 3.89. The van der Waals surface area contributed by atoms with Crippen LogP contribution >= 0.6 is 24.0 Å². The first kappa shape index (κ1) is 8.93. The van der Waals surface area contributed by atoms with Gasteiger partial charge in [0, 0.05) is 24.0 Å². The first-order valence-corrected chi connectivity index (χ1v) is 0.428. The fraction of sp³-hybridized carbons (Fsp3) is 0. The minimum atomic E-state index is 0. The summed E-state index contributed by atoms with van der Waals surface area (Å²) in [5.41, 5.74) is 0. The second-order valence-corrected chi connectivity index (χ2v) is 0.0913. The standard InChI is InChI=1S/CNO.I/c2-1-3;/q-1;. The largest absolute Gasteiger partial charge is 0.724 e. The molecule has 0 aromatic carbocycles. The van der Waals surface area contributed by atoms with Crippen LogP contribution in [-0.4, -0.2) is 6.08 Å². The molecule has 0 saturated heterocycles. The minimum Gasteiger partial charge on any atom is -0.724 e. The van der Waals surface area contributed by atoms with E-state index in [0.717, 1.165) is 0 Å². The lowest BCUT2D eigenvalue weighted by molar-refractivity contribution is 0.569. The second kappa shape index (κ2) is 11.2. The van der Waals surface area contributed by atoms with Gasteiger partial charge in [-0.2, -0.15) is 0 Å². The SMILES string of the molecule is [I].[N-]=C=O. The second-order valence-electron chi connectivity index (χ2n) is 0.0913. The van der Waals surface area contributed by atoms with Crippen molar-refractivity contribution >= 4 is 30.1 Å². The highest BCUT2D eigenvalue weighted by Gasteiger charge is 0.791. The maximum atomic E-state index is 8.24. The van der Waals surface area contributed by atoms with Gasteiger partial charge in [0.1, 0.15) is 0 Å². The van der Waals surface area contributed by atoms with E-state index in [2.05, 4.69) is 0 Å². The molecule has 0 amide bonds. The van der Waals surface area contributed by atoms with E-state index in [9.17, 15) is 0 Å². The van der Waals surface area contributed by atoms with Gasteiger partial charge in [-0.1, -0.05) is 0 Å². The van der Waals surface area contributed by atoms with Crippen LogP contribution in [0.5, 0.6) is 0 Å². The Morgan fingerprint density at radius 3 is 1.75 bits per heavy atom. The van der Waals surface area contributed by atoms with E-state index in [4.69, 9.17) is 10.2 Å². The predicted octanol–water partition coefficient (Wildman–Crippen LogP) is 0.777. The molecule has 0 aromatic rings. The van der Waals surface area contributed by atoms with Crippen LogP contribution in [0.15, 0.2) is 0 Å². The molecule has 0 rings (SSSR count). The molecule has 0 aliphatic carbocycles. The molecule has 0 heterocycles. The lowest BCUT2D eigenvalue weighted by atomic mass is 11.7. The maximum Gasteiger partial charge on any atom is 0 e. The Morgan fingerprint density at radius 1 is 1.75 bits per heavy atom. The van der Waals surface area contributed by atoms with Crippen molar-refractivity contribution in [2.45, 2.75) is 0 Å². The fourth-order valence-electron chi connectivity index (χ4n) is 0. The van der Waals surface area contributed by atoms with Crippen molar-refractivity contribution in [1.82, 2.24) is 0 Å². The molecule has 0 aromatic heterocycles. The zero-order chi connectivity index (χ0) is 2.71. The van der Waals surface area contributed by atoms with Gasteiger partial charge in [0.15, 0.2) is 0 Å². The van der Waals surface area contributed by atoms with Gasteiger partial charge in [0.2, 0.25) is 0 Å². The summed E-state index contributed by atoms with van der Waals surface area (Å²) in [5, 5.41) is 6.76. The summed E-state index contributed by atoms with van der Waals surface area (Å²) in [6.45, 7) is 0. The van der Waals surface area contributed by atoms with Crippen molar-refractivity contribution < 1.29 is 4.79 Å². The van der Waals surface area contributed by atoms with Gasteiger partial charge in [-0.15, -0.1) is 0 Å². The molecule has 0 aliphatic heterocycles. The third-order valence-electron chi connectivity index (χ3n) is 0. The third-order valence-corrected chi connectivity index (χ3v) is 0. The summed E-state index contributed by atoms with van der Waals surface area (Å²) in [6.07, 6.45) is 0.500. The minimum absolute atomic E-state index is 0. The normalized spacial score (nSPS) is 2.00. The van der Waals surface area contributed by atoms with Crippen molar-refractivity contribution in [3.8, 4) is 0 Å². The molecule has 1 radical (unpaired) electrons. The van der Waals surface area contributed by atoms with Crippen LogP contribution in [0.3, 0.4) is 0 Å². The number of carbonyl (C=O) groups excluding carboxylic acids is 1. The van der Waals surface area contributed by atoms with E-state index in [-0.39, 0.29) is 24.0 Å². The molecule has 23 valence electrons. The number of isocyanates is 1. The fourth-order valence-corrected chi connectivity index (χ4v) is 0. The topological polar surface area (TPSA) is 39.4 Å². The number of hydrogen-bond acceptors (Lipinski definition) is 1. The number of nitrogens with zero attached hydrogens (tertiary/aromatic N) is 1. The lowest BCUT2D eigenvalue weighted by Gasteiger charge is -1.32. The summed E-state index contributed by atoms with van der Waals surface area (Å²) in [5.74, 6) is 0. The molecule has 0 bridgehead atoms. The summed E-state index contributed by atoms with van der Waals surface area (Å²) < 4.78 is 0. The van der Waals surface area contributed by atoms with E-state index in [1.807, 2.05) is 0 Å². The van der Waals surface area contributed by atoms with Crippen LogP contribution in [0.4, 0.5) is 0 Å². The monoisotopic (exact) mass is 169 g/mol. The maximum absolute atomic E-state index is 8.24. The van der Waals surface area contributed by atoms with Crippen LogP contribution in [0.2, 0.25) is 0 Å². The molecule has 0 spiro atoms. The molecule has 2 nitrogen and oxygen atoms in total. The highest BCUT2D eigenvalue weighted by molar-refractivity contribution is 14.0. The summed E-state index contributed by atoms with van der Waals surface area (Å²) in [7, 11) is 0. The van der Waals surface area contributed by atoms with Crippen molar-refractivity contribution in [2.75, 3.05) is 0 Å². The molecule has 0 aliphatic rings. The molecule has 0 atom stereocenters. The van der Waals surface area contributed by atoms with Gasteiger partial charge in [-0.05, 0) is 6.08 Å². The van der Waals surface area contributed by atoms with E-state index in [1.165, 1.54) is 0 Å². The molecule has 0 unspecified atom stereocenters. The Bertz CT molecular complexity index is 29.0. The van der Waals surface area contributed by atoms with Crippen molar-refractivity contribution in [2.24, 2.45) is 0 Å². The summed E-state index contributed by atoms with van der Waals surface area (Å²) >= 11 is 0. The van der Waals surface area contributed by atoms with Crippen LogP contribution in [0.25, 0.3) is 5.41 Å². The Kier molecular flexibility index (Phi) is 25.1. The van der Waals surface area contributed by atoms with Crippen LogP contribution in [-0.2, 0) is 4.79 Å². The zero-order valence-electron chi connectivity index (χ0n) is 1.73. The van der Waals surface area contributed by atoms with Crippen LogP contribution in [0, 0.1) is 0 Å². The van der Waals surface area contributed by atoms with Crippen LogP contribution in [0.1, 0.15) is 0 Å². The van der Waals surface area contributed by atoms with Gasteiger partial charge in [0.05, 0.1) is 0 Å². The average molecular weight is 169 g/mol. The number of rotatable bonds is 0. The van der Waals surface area contributed by atoms with Gasteiger partial charge in [0.25, 0.3) is 0 Å². The molecular formula is CINO-. The van der Waals surface area contributed by atoms with E-state index in [0.29, 0.717) is 6.08 Å². The molecule has 0 saturated carbocycles. The summed E-state index contributed by atoms with van der Waals surface area (Å²) in [4.78, 5) is 8.24. The Morgan fingerprint density at radius 2 is 1.75 bits per heavy atom. The lowest BCUT2D eigenvalue weighted by Crippen LogP contribution is -1.13. The highest BCUT2D eigenvalue weighted by Crippen LogP contribution is 0.949. The Balaban J connectivity index is 0. The van der Waals surface area contributed by atoms with Crippen molar-refractivity contribution in [1.29, 1.82) is 0 Å². The smallest absolute Gasteiger partial charge is 0 e. The van der Waals surface area contributed by atoms with E-state index >= 15 is 0 Å². The van der Waals surface area contributed by atoms with Gasteiger partial charge in [-0.3, -0.25) is 4.79 Å². The summed E-state index contributed by atoms with van der Waals surface area (Å²) in [6, 6.07) is 0. The molecule has 0 fully saturated rings. The van der Waals surface area contributed by atoms with Crippen molar-refractivity contribution in [3.05, 3.63) is 5.41 Å².